The van der Waals surface area contributed by atoms with Crippen LogP contribution >= 0.6 is 22.6 Å². The van der Waals surface area contributed by atoms with Gasteiger partial charge in [-0.3, -0.25) is 0 Å². The van der Waals surface area contributed by atoms with Gasteiger partial charge in [0.1, 0.15) is 11.4 Å². The van der Waals surface area contributed by atoms with Crippen LogP contribution in [-0.4, -0.2) is 33.3 Å². The van der Waals surface area contributed by atoms with Gasteiger partial charge in [-0.25, -0.2) is 4.79 Å². The van der Waals surface area contributed by atoms with E-state index in [-0.39, 0.29) is 9.70 Å². The molecule has 2 rings (SSSR count). The number of carbonyl (C=O) groups excluding carboxylic acids is 1. The molecular formula is C16H22INO3. The van der Waals surface area contributed by atoms with Crippen molar-refractivity contribution in [3.8, 4) is 5.75 Å². The van der Waals surface area contributed by atoms with Gasteiger partial charge in [0, 0.05) is 25.9 Å². The van der Waals surface area contributed by atoms with Crippen molar-refractivity contribution < 1.29 is 14.3 Å². The summed E-state index contributed by atoms with van der Waals surface area (Å²) in [7, 11) is 0. The maximum absolute atomic E-state index is 12.0. The topological polar surface area (TPSA) is 38.8 Å². The Morgan fingerprint density at radius 1 is 1.19 bits per heavy atom. The van der Waals surface area contributed by atoms with Crippen LogP contribution in [0.25, 0.3) is 0 Å². The summed E-state index contributed by atoms with van der Waals surface area (Å²) in [5.41, 5.74) is -0.448. The van der Waals surface area contributed by atoms with E-state index in [1.807, 2.05) is 51.1 Å². The second-order valence-electron chi connectivity index (χ2n) is 6.27. The third-order valence-electron chi connectivity index (χ3n) is 3.21. The Bertz CT molecular complexity index is 476. The number of benzene rings is 1. The number of rotatable bonds is 2. The summed E-state index contributed by atoms with van der Waals surface area (Å²) in [6.07, 6.45) is 1.35. The summed E-state index contributed by atoms with van der Waals surface area (Å²) < 4.78 is 11.2. The fourth-order valence-electron chi connectivity index (χ4n) is 2.15. The van der Waals surface area contributed by atoms with Gasteiger partial charge in [-0.2, -0.15) is 0 Å². The molecule has 0 saturated carbocycles. The molecule has 1 heterocycles. The summed E-state index contributed by atoms with van der Waals surface area (Å²) in [6, 6.07) is 9.81. The highest BCUT2D eigenvalue weighted by Gasteiger charge is 2.36. The van der Waals surface area contributed by atoms with Crippen LogP contribution in [0.5, 0.6) is 5.75 Å². The Morgan fingerprint density at radius 3 is 2.29 bits per heavy atom. The van der Waals surface area contributed by atoms with Crippen molar-refractivity contribution in [3.63, 3.8) is 0 Å². The Morgan fingerprint density at radius 2 is 1.76 bits per heavy atom. The first-order valence-corrected chi connectivity index (χ1v) is 8.26. The van der Waals surface area contributed by atoms with Crippen LogP contribution in [0, 0.1) is 0 Å². The van der Waals surface area contributed by atoms with Crippen LogP contribution in [0.2, 0.25) is 0 Å². The van der Waals surface area contributed by atoms with Crippen LogP contribution in [0.3, 0.4) is 0 Å². The van der Waals surface area contributed by atoms with Crippen molar-refractivity contribution in [2.45, 2.75) is 42.8 Å². The lowest BCUT2D eigenvalue weighted by Gasteiger charge is -2.38. The Balaban J connectivity index is 1.89. The van der Waals surface area contributed by atoms with Gasteiger partial charge in [0.25, 0.3) is 0 Å². The number of piperidine rings is 1. The van der Waals surface area contributed by atoms with Crippen molar-refractivity contribution in [2.24, 2.45) is 0 Å². The van der Waals surface area contributed by atoms with Crippen molar-refractivity contribution in [1.82, 2.24) is 4.90 Å². The molecule has 1 saturated heterocycles. The van der Waals surface area contributed by atoms with Gasteiger partial charge in [-0.15, -0.1) is 0 Å². The Kier molecular flexibility index (Phi) is 5.01. The minimum atomic E-state index is -0.448. The smallest absolute Gasteiger partial charge is 0.410 e. The summed E-state index contributed by atoms with van der Waals surface area (Å²) in [4.78, 5) is 13.8. The Labute approximate surface area is 139 Å². The van der Waals surface area contributed by atoms with Gasteiger partial charge < -0.3 is 14.4 Å². The standard InChI is InChI=1S/C16H22INO3/c1-15(2,3)21-14(19)18-11-9-16(17,10-12-18)20-13-7-5-4-6-8-13/h4-8H,9-12H2,1-3H3. The average molecular weight is 403 g/mol. The lowest BCUT2D eigenvalue weighted by Crippen LogP contribution is -2.47. The summed E-state index contributed by atoms with van der Waals surface area (Å²) in [5.74, 6) is 0.873. The highest BCUT2D eigenvalue weighted by molar-refractivity contribution is 14.1. The number of amides is 1. The summed E-state index contributed by atoms with van der Waals surface area (Å²) in [6.45, 7) is 6.97. The molecule has 0 atom stereocenters. The number of hydrogen-bond acceptors (Lipinski definition) is 3. The molecule has 1 aromatic carbocycles. The molecule has 0 N–H and O–H groups in total. The van der Waals surface area contributed by atoms with E-state index in [9.17, 15) is 4.79 Å². The van der Waals surface area contributed by atoms with E-state index >= 15 is 0 Å². The van der Waals surface area contributed by atoms with Gasteiger partial charge in [-0.05, 0) is 55.5 Å². The molecule has 1 aliphatic rings. The number of halogens is 1. The fraction of sp³-hybridized carbons (Fsp3) is 0.562. The molecule has 116 valence electrons. The number of ether oxygens (including phenoxy) is 2. The predicted octanol–water partition coefficient (Wildman–Crippen LogP) is 4.23. The first-order valence-electron chi connectivity index (χ1n) is 7.18. The van der Waals surface area contributed by atoms with Crippen molar-refractivity contribution >= 4 is 28.7 Å². The highest BCUT2D eigenvalue weighted by Crippen LogP contribution is 2.34. The van der Waals surface area contributed by atoms with Crippen LogP contribution in [0.4, 0.5) is 4.79 Å². The van der Waals surface area contributed by atoms with Gasteiger partial charge in [0.15, 0.2) is 3.61 Å². The molecule has 0 spiro atoms. The highest BCUT2D eigenvalue weighted by atomic mass is 127. The Hall–Kier alpha value is -0.980. The van der Waals surface area contributed by atoms with Gasteiger partial charge in [-0.1, -0.05) is 18.2 Å². The zero-order valence-electron chi connectivity index (χ0n) is 12.8. The third-order valence-corrected chi connectivity index (χ3v) is 4.50. The zero-order valence-corrected chi connectivity index (χ0v) is 14.9. The molecule has 1 fully saturated rings. The largest absolute Gasteiger partial charge is 0.477 e. The van der Waals surface area contributed by atoms with Crippen LogP contribution < -0.4 is 4.74 Å². The van der Waals surface area contributed by atoms with Gasteiger partial charge in [0.2, 0.25) is 0 Å². The third kappa shape index (κ3) is 5.05. The van der Waals surface area contributed by atoms with Crippen molar-refractivity contribution in [1.29, 1.82) is 0 Å². The van der Waals surface area contributed by atoms with E-state index < -0.39 is 5.60 Å². The molecular weight excluding hydrogens is 381 g/mol. The number of nitrogens with zero attached hydrogens (tertiary/aromatic N) is 1. The predicted molar refractivity (Wildman–Crippen MR) is 90.9 cm³/mol. The molecule has 21 heavy (non-hydrogen) atoms. The molecule has 0 radical (unpaired) electrons. The SMILES string of the molecule is CC(C)(C)OC(=O)N1CCC(I)(Oc2ccccc2)CC1. The summed E-state index contributed by atoms with van der Waals surface area (Å²) >= 11 is 2.35. The van der Waals surface area contributed by atoms with Crippen molar-refractivity contribution in [2.75, 3.05) is 13.1 Å². The number of likely N-dealkylation sites (tertiary alicyclic amines) is 1. The van der Waals surface area contributed by atoms with Crippen LogP contribution in [-0.2, 0) is 4.74 Å². The quantitative estimate of drug-likeness (QED) is 0.548. The van der Waals surface area contributed by atoms with Gasteiger partial charge >= 0.3 is 6.09 Å². The molecule has 1 amide bonds. The van der Waals surface area contributed by atoms with Crippen molar-refractivity contribution in [3.05, 3.63) is 30.3 Å². The molecule has 0 aromatic heterocycles. The minimum Gasteiger partial charge on any atom is -0.477 e. The van der Waals surface area contributed by atoms with E-state index in [1.54, 1.807) is 4.90 Å². The van der Waals surface area contributed by atoms with Crippen LogP contribution in [0.15, 0.2) is 30.3 Å². The molecule has 1 aromatic rings. The summed E-state index contributed by atoms with van der Waals surface area (Å²) in [5, 5.41) is 0. The van der Waals surface area contributed by atoms with E-state index in [0.717, 1.165) is 18.6 Å². The zero-order chi connectivity index (χ0) is 15.5. The molecule has 0 bridgehead atoms. The molecule has 1 aliphatic heterocycles. The maximum Gasteiger partial charge on any atom is 0.410 e. The molecule has 0 aliphatic carbocycles. The molecule has 0 unspecified atom stereocenters. The number of para-hydroxylation sites is 1. The molecule has 4 nitrogen and oxygen atoms in total. The lowest BCUT2D eigenvalue weighted by atomic mass is 10.1. The van der Waals surface area contributed by atoms with E-state index in [4.69, 9.17) is 9.47 Å². The molecule has 5 heteroatoms. The first kappa shape index (κ1) is 16.4. The minimum absolute atomic E-state index is 0.235. The van der Waals surface area contributed by atoms with E-state index in [0.29, 0.717) is 13.1 Å². The lowest BCUT2D eigenvalue weighted by molar-refractivity contribution is 0.0107. The maximum atomic E-state index is 12.0. The second-order valence-corrected chi connectivity index (χ2v) is 8.23. The van der Waals surface area contributed by atoms with E-state index in [2.05, 4.69) is 22.6 Å². The monoisotopic (exact) mass is 403 g/mol. The number of hydrogen-bond donors (Lipinski definition) is 0. The normalized spacial score (nSPS) is 18.2. The van der Waals surface area contributed by atoms with Crippen LogP contribution in [0.1, 0.15) is 33.6 Å². The van der Waals surface area contributed by atoms with E-state index in [1.165, 1.54) is 0 Å². The fourth-order valence-corrected chi connectivity index (χ4v) is 2.89. The number of carbonyl (C=O) groups is 1. The average Bonchev–Trinajstić information content (AvgIpc) is 2.38. The second kappa shape index (κ2) is 6.42. The first-order chi connectivity index (χ1) is 9.77. The van der Waals surface area contributed by atoms with Gasteiger partial charge in [0.05, 0.1) is 0 Å². The number of alkyl halides is 1.